The zero-order valence-electron chi connectivity index (χ0n) is 15.6. The van der Waals surface area contributed by atoms with Gasteiger partial charge in [-0.15, -0.1) is 0 Å². The zero-order valence-corrected chi connectivity index (χ0v) is 15.6. The van der Waals surface area contributed by atoms with E-state index in [0.717, 1.165) is 13.1 Å². The molecular formula is C18H28N4O3. The number of benzene rings is 1. The summed E-state index contributed by atoms with van der Waals surface area (Å²) in [5.74, 6) is -1.60. The summed E-state index contributed by atoms with van der Waals surface area (Å²) < 4.78 is 0. The van der Waals surface area contributed by atoms with Gasteiger partial charge < -0.3 is 16.0 Å². The van der Waals surface area contributed by atoms with Crippen LogP contribution in [-0.2, 0) is 14.4 Å². The molecule has 3 N–H and O–H groups in total. The molecule has 0 aliphatic heterocycles. The van der Waals surface area contributed by atoms with Gasteiger partial charge in [-0.25, -0.2) is 0 Å². The van der Waals surface area contributed by atoms with Crippen molar-refractivity contribution >= 4 is 29.1 Å². The third kappa shape index (κ3) is 6.19. The number of anilines is 2. The van der Waals surface area contributed by atoms with Gasteiger partial charge in [-0.1, -0.05) is 19.9 Å². The van der Waals surface area contributed by atoms with Crippen LogP contribution in [0.4, 0.5) is 11.4 Å². The van der Waals surface area contributed by atoms with Crippen LogP contribution >= 0.6 is 0 Å². The Kier molecular flexibility index (Phi) is 8.07. The lowest BCUT2D eigenvalue weighted by atomic mass is 10.1. The van der Waals surface area contributed by atoms with Crippen molar-refractivity contribution in [2.45, 2.75) is 40.7 Å². The summed E-state index contributed by atoms with van der Waals surface area (Å²) in [6, 6.07) is 5.27. The van der Waals surface area contributed by atoms with Gasteiger partial charge in [-0.2, -0.15) is 0 Å². The maximum atomic E-state index is 12.1. The Morgan fingerprint density at radius 3 is 2.12 bits per heavy atom. The lowest BCUT2D eigenvalue weighted by Crippen LogP contribution is -2.45. The Hall–Kier alpha value is -2.41. The summed E-state index contributed by atoms with van der Waals surface area (Å²) in [6.07, 6.45) is 0. The number of nitrogens with one attached hydrogen (secondary N) is 3. The standard InChI is InChI=1S/C18H28N4O3/c1-6-22(7-2)12(3)11-19-17(24)18(25)21-16-10-8-9-15(13(16)4)20-14(5)23/h8-10,12H,6-7,11H2,1-5H3,(H,19,24)(H,20,23)(H,21,25). The number of rotatable bonds is 7. The summed E-state index contributed by atoms with van der Waals surface area (Å²) in [5.41, 5.74) is 1.78. The average molecular weight is 348 g/mol. The summed E-state index contributed by atoms with van der Waals surface area (Å²) in [6.45, 7) is 11.5. The van der Waals surface area contributed by atoms with Crippen LogP contribution in [0, 0.1) is 6.92 Å². The number of nitrogens with zero attached hydrogens (tertiary/aromatic N) is 1. The number of hydrogen-bond donors (Lipinski definition) is 3. The Balaban J connectivity index is 2.67. The lowest BCUT2D eigenvalue weighted by Gasteiger charge is -2.26. The molecule has 0 aliphatic rings. The van der Waals surface area contributed by atoms with Gasteiger partial charge in [0.15, 0.2) is 0 Å². The van der Waals surface area contributed by atoms with Crippen molar-refractivity contribution in [2.75, 3.05) is 30.3 Å². The van der Waals surface area contributed by atoms with Crippen molar-refractivity contribution in [1.82, 2.24) is 10.2 Å². The number of carbonyl (C=O) groups is 3. The molecule has 1 rings (SSSR count). The van der Waals surface area contributed by atoms with Gasteiger partial charge in [0.2, 0.25) is 5.91 Å². The average Bonchev–Trinajstić information content (AvgIpc) is 2.56. The van der Waals surface area contributed by atoms with Crippen LogP contribution in [-0.4, -0.2) is 48.3 Å². The Morgan fingerprint density at radius 1 is 1.04 bits per heavy atom. The molecule has 0 heterocycles. The second-order valence-corrected chi connectivity index (χ2v) is 5.89. The minimum atomic E-state index is -0.727. The van der Waals surface area contributed by atoms with Crippen LogP contribution in [0.1, 0.15) is 33.3 Å². The van der Waals surface area contributed by atoms with Crippen molar-refractivity contribution in [3.63, 3.8) is 0 Å². The third-order valence-corrected chi connectivity index (χ3v) is 4.09. The van der Waals surface area contributed by atoms with Gasteiger partial charge in [0.1, 0.15) is 0 Å². The van der Waals surface area contributed by atoms with E-state index in [2.05, 4.69) is 34.7 Å². The van der Waals surface area contributed by atoms with Crippen molar-refractivity contribution in [1.29, 1.82) is 0 Å². The van der Waals surface area contributed by atoms with Gasteiger partial charge in [0, 0.05) is 30.9 Å². The smallest absolute Gasteiger partial charge is 0.313 e. The third-order valence-electron chi connectivity index (χ3n) is 4.09. The lowest BCUT2D eigenvalue weighted by molar-refractivity contribution is -0.136. The fourth-order valence-electron chi connectivity index (χ4n) is 2.57. The van der Waals surface area contributed by atoms with E-state index in [0.29, 0.717) is 23.5 Å². The normalized spacial score (nSPS) is 11.8. The first-order valence-corrected chi connectivity index (χ1v) is 8.50. The minimum Gasteiger partial charge on any atom is -0.346 e. The van der Waals surface area contributed by atoms with Gasteiger partial charge in [0.05, 0.1) is 0 Å². The number of likely N-dealkylation sites (N-methyl/N-ethyl adjacent to an activating group) is 1. The highest BCUT2D eigenvalue weighted by atomic mass is 16.2. The van der Waals surface area contributed by atoms with Crippen LogP contribution in [0.5, 0.6) is 0 Å². The quantitative estimate of drug-likeness (QED) is 0.655. The summed E-state index contributed by atoms with van der Waals surface area (Å²) in [7, 11) is 0. The number of carbonyl (C=O) groups excluding carboxylic acids is 3. The predicted molar refractivity (Wildman–Crippen MR) is 99.5 cm³/mol. The van der Waals surface area contributed by atoms with Gasteiger partial charge >= 0.3 is 11.8 Å². The SMILES string of the molecule is CCN(CC)C(C)CNC(=O)C(=O)Nc1cccc(NC(C)=O)c1C. The molecule has 1 atom stereocenters. The first-order valence-electron chi connectivity index (χ1n) is 8.50. The van der Waals surface area contributed by atoms with E-state index in [4.69, 9.17) is 0 Å². The highest BCUT2D eigenvalue weighted by molar-refractivity contribution is 6.39. The van der Waals surface area contributed by atoms with Crippen LogP contribution in [0.25, 0.3) is 0 Å². The Labute approximate surface area is 149 Å². The summed E-state index contributed by atoms with van der Waals surface area (Å²) in [5, 5.41) is 7.93. The highest BCUT2D eigenvalue weighted by Gasteiger charge is 2.17. The molecule has 0 aliphatic carbocycles. The first kappa shape index (κ1) is 20.6. The van der Waals surface area contributed by atoms with E-state index in [9.17, 15) is 14.4 Å². The van der Waals surface area contributed by atoms with Crippen LogP contribution in [0.3, 0.4) is 0 Å². The highest BCUT2D eigenvalue weighted by Crippen LogP contribution is 2.23. The molecule has 7 heteroatoms. The first-order chi connectivity index (χ1) is 11.8. The molecule has 1 aromatic carbocycles. The number of amides is 3. The van der Waals surface area contributed by atoms with Crippen LogP contribution in [0.2, 0.25) is 0 Å². The fraction of sp³-hybridized carbons (Fsp3) is 0.500. The maximum Gasteiger partial charge on any atom is 0.313 e. The van der Waals surface area contributed by atoms with E-state index in [1.807, 2.05) is 6.92 Å². The summed E-state index contributed by atoms with van der Waals surface area (Å²) >= 11 is 0. The monoisotopic (exact) mass is 348 g/mol. The van der Waals surface area contributed by atoms with Crippen molar-refractivity contribution in [3.8, 4) is 0 Å². The molecular weight excluding hydrogens is 320 g/mol. The predicted octanol–water partition coefficient (Wildman–Crippen LogP) is 1.74. The van der Waals surface area contributed by atoms with Gasteiger partial charge in [-0.3, -0.25) is 19.3 Å². The zero-order chi connectivity index (χ0) is 19.0. The molecule has 0 fully saturated rings. The van der Waals surface area contributed by atoms with Gasteiger partial charge in [0.25, 0.3) is 0 Å². The molecule has 3 amide bonds. The van der Waals surface area contributed by atoms with E-state index in [1.165, 1.54) is 6.92 Å². The molecule has 0 saturated heterocycles. The van der Waals surface area contributed by atoms with E-state index < -0.39 is 11.8 Å². The Bertz CT molecular complexity index is 627. The molecule has 138 valence electrons. The molecule has 0 saturated carbocycles. The second-order valence-electron chi connectivity index (χ2n) is 5.89. The molecule has 0 bridgehead atoms. The van der Waals surface area contributed by atoms with Crippen molar-refractivity contribution in [2.24, 2.45) is 0 Å². The molecule has 1 aromatic rings. The summed E-state index contributed by atoms with van der Waals surface area (Å²) in [4.78, 5) is 37.5. The van der Waals surface area contributed by atoms with E-state index in [-0.39, 0.29) is 11.9 Å². The Morgan fingerprint density at radius 2 is 1.60 bits per heavy atom. The van der Waals surface area contributed by atoms with E-state index >= 15 is 0 Å². The fourth-order valence-corrected chi connectivity index (χ4v) is 2.57. The molecule has 25 heavy (non-hydrogen) atoms. The molecule has 0 spiro atoms. The van der Waals surface area contributed by atoms with Crippen molar-refractivity contribution < 1.29 is 14.4 Å². The van der Waals surface area contributed by atoms with Crippen LogP contribution in [0.15, 0.2) is 18.2 Å². The minimum absolute atomic E-state index is 0.150. The van der Waals surface area contributed by atoms with Crippen molar-refractivity contribution in [3.05, 3.63) is 23.8 Å². The molecule has 0 aromatic heterocycles. The van der Waals surface area contributed by atoms with Crippen LogP contribution < -0.4 is 16.0 Å². The topological polar surface area (TPSA) is 90.5 Å². The van der Waals surface area contributed by atoms with E-state index in [1.54, 1.807) is 25.1 Å². The molecule has 0 radical (unpaired) electrons. The largest absolute Gasteiger partial charge is 0.346 e. The molecule has 7 nitrogen and oxygen atoms in total. The molecule has 1 unspecified atom stereocenters. The second kappa shape index (κ2) is 9.78. The maximum absolute atomic E-state index is 12.1. The number of hydrogen-bond acceptors (Lipinski definition) is 4. The van der Waals surface area contributed by atoms with Gasteiger partial charge in [-0.05, 0) is 44.6 Å².